The zero-order valence-electron chi connectivity index (χ0n) is 16.6. The first kappa shape index (κ1) is 20.3. The number of hydrogen-bond donors (Lipinski definition) is 2. The average Bonchev–Trinajstić information content (AvgIpc) is 2.78. The quantitative estimate of drug-likeness (QED) is 0.637. The molecule has 0 spiro atoms. The van der Waals surface area contributed by atoms with Gasteiger partial charge in [-0.25, -0.2) is 0 Å². The summed E-state index contributed by atoms with van der Waals surface area (Å²) in [6.07, 6.45) is 0. The second kappa shape index (κ2) is 9.66. The lowest BCUT2D eigenvalue weighted by atomic mass is 10.1. The van der Waals surface area contributed by atoms with E-state index in [4.69, 9.17) is 0 Å². The number of nitrogens with zero attached hydrogens (tertiary/aromatic N) is 1. The van der Waals surface area contributed by atoms with Gasteiger partial charge < -0.3 is 15.5 Å². The van der Waals surface area contributed by atoms with Crippen molar-refractivity contribution in [2.45, 2.75) is 13.0 Å². The monoisotopic (exact) mass is 387 g/mol. The van der Waals surface area contributed by atoms with E-state index >= 15 is 0 Å². The second-order valence-corrected chi connectivity index (χ2v) is 6.84. The fourth-order valence-corrected chi connectivity index (χ4v) is 2.97. The molecule has 0 saturated carbocycles. The Bertz CT molecular complexity index is 941. The van der Waals surface area contributed by atoms with Crippen molar-refractivity contribution >= 4 is 23.2 Å². The van der Waals surface area contributed by atoms with Crippen molar-refractivity contribution in [3.63, 3.8) is 0 Å². The molecule has 0 aliphatic carbocycles. The van der Waals surface area contributed by atoms with Crippen molar-refractivity contribution < 1.29 is 9.59 Å². The van der Waals surface area contributed by atoms with Gasteiger partial charge in [-0.05, 0) is 48.9 Å². The number of anilines is 2. The van der Waals surface area contributed by atoms with Crippen molar-refractivity contribution in [3.8, 4) is 0 Å². The van der Waals surface area contributed by atoms with Gasteiger partial charge in [0.05, 0.1) is 6.54 Å². The van der Waals surface area contributed by atoms with Gasteiger partial charge in [-0.3, -0.25) is 9.59 Å². The summed E-state index contributed by atoms with van der Waals surface area (Å²) in [6, 6.07) is 26.4. The van der Waals surface area contributed by atoms with Gasteiger partial charge in [0.15, 0.2) is 0 Å². The molecule has 2 amide bonds. The molecule has 2 N–H and O–H groups in total. The minimum Gasteiger partial charge on any atom is -0.325 e. The predicted molar refractivity (Wildman–Crippen MR) is 117 cm³/mol. The molecule has 29 heavy (non-hydrogen) atoms. The first-order chi connectivity index (χ1) is 14.0. The highest BCUT2D eigenvalue weighted by Crippen LogP contribution is 2.17. The van der Waals surface area contributed by atoms with Crippen LogP contribution in [0.25, 0.3) is 0 Å². The molecule has 3 aromatic carbocycles. The molecular formula is C24H25N3O2. The van der Waals surface area contributed by atoms with Crippen LogP contribution >= 0.6 is 0 Å². The van der Waals surface area contributed by atoms with E-state index in [0.29, 0.717) is 11.3 Å². The van der Waals surface area contributed by atoms with Crippen LogP contribution in [0.3, 0.4) is 0 Å². The van der Waals surface area contributed by atoms with E-state index in [0.717, 1.165) is 11.3 Å². The molecule has 3 rings (SSSR count). The summed E-state index contributed by atoms with van der Waals surface area (Å²) in [4.78, 5) is 26.4. The van der Waals surface area contributed by atoms with Crippen LogP contribution in [0, 0.1) is 0 Å². The first-order valence-electron chi connectivity index (χ1n) is 9.56. The molecule has 3 aromatic rings. The third-order valence-corrected chi connectivity index (χ3v) is 4.73. The van der Waals surface area contributed by atoms with E-state index in [-0.39, 0.29) is 24.4 Å². The van der Waals surface area contributed by atoms with Crippen LogP contribution in [0.15, 0.2) is 84.9 Å². The van der Waals surface area contributed by atoms with E-state index in [2.05, 4.69) is 10.6 Å². The van der Waals surface area contributed by atoms with Gasteiger partial charge in [0.2, 0.25) is 5.91 Å². The molecule has 0 aliphatic rings. The minimum atomic E-state index is -0.131. The second-order valence-electron chi connectivity index (χ2n) is 6.84. The Hall–Kier alpha value is -3.44. The van der Waals surface area contributed by atoms with E-state index in [1.807, 2.05) is 67.6 Å². The molecule has 0 aliphatic heterocycles. The Morgan fingerprint density at radius 2 is 1.45 bits per heavy atom. The highest BCUT2D eigenvalue weighted by atomic mass is 16.2. The summed E-state index contributed by atoms with van der Waals surface area (Å²) in [5.41, 5.74) is 3.17. The largest absolute Gasteiger partial charge is 0.325 e. The SMILES string of the molecule is CC(NCC(=O)Nc1ccc(C(=O)N(C)c2ccccc2)cc1)c1ccccc1. The Morgan fingerprint density at radius 3 is 2.07 bits per heavy atom. The van der Waals surface area contributed by atoms with E-state index in [9.17, 15) is 9.59 Å². The molecule has 0 fully saturated rings. The summed E-state index contributed by atoms with van der Waals surface area (Å²) < 4.78 is 0. The zero-order valence-corrected chi connectivity index (χ0v) is 16.6. The van der Waals surface area contributed by atoms with Gasteiger partial charge in [0, 0.05) is 30.0 Å². The molecule has 0 bridgehead atoms. The zero-order chi connectivity index (χ0) is 20.6. The van der Waals surface area contributed by atoms with Crippen molar-refractivity contribution in [2.75, 3.05) is 23.8 Å². The van der Waals surface area contributed by atoms with Gasteiger partial charge in [-0.15, -0.1) is 0 Å². The third kappa shape index (κ3) is 5.53. The fraction of sp³-hybridized carbons (Fsp3) is 0.167. The van der Waals surface area contributed by atoms with Crippen molar-refractivity contribution in [1.29, 1.82) is 0 Å². The lowest BCUT2D eigenvalue weighted by molar-refractivity contribution is -0.115. The predicted octanol–water partition coefficient (Wildman–Crippen LogP) is 4.25. The van der Waals surface area contributed by atoms with Crippen LogP contribution < -0.4 is 15.5 Å². The van der Waals surface area contributed by atoms with Crippen molar-refractivity contribution in [1.82, 2.24) is 5.32 Å². The van der Waals surface area contributed by atoms with Crippen LogP contribution in [0.2, 0.25) is 0 Å². The smallest absolute Gasteiger partial charge is 0.258 e. The van der Waals surface area contributed by atoms with Gasteiger partial charge in [0.25, 0.3) is 5.91 Å². The molecule has 5 heteroatoms. The Morgan fingerprint density at radius 1 is 0.862 bits per heavy atom. The molecule has 0 saturated heterocycles. The molecule has 0 heterocycles. The standard InChI is InChI=1S/C24H25N3O2/c1-18(19-9-5-3-6-10-19)25-17-23(28)26-21-15-13-20(14-16-21)24(29)27(2)22-11-7-4-8-12-22/h3-16,18,25H,17H2,1-2H3,(H,26,28). The summed E-state index contributed by atoms with van der Waals surface area (Å²) in [5.74, 6) is -0.235. The van der Waals surface area contributed by atoms with E-state index in [1.165, 1.54) is 0 Å². The number of benzene rings is 3. The lowest BCUT2D eigenvalue weighted by Gasteiger charge is -2.17. The summed E-state index contributed by atoms with van der Waals surface area (Å²) in [5, 5.41) is 6.06. The number of rotatable bonds is 7. The number of amides is 2. The van der Waals surface area contributed by atoms with Crippen molar-refractivity contribution in [2.24, 2.45) is 0 Å². The number of para-hydroxylation sites is 1. The van der Waals surface area contributed by atoms with Gasteiger partial charge in [0.1, 0.15) is 0 Å². The third-order valence-electron chi connectivity index (χ3n) is 4.73. The minimum absolute atomic E-state index is 0.0791. The van der Waals surface area contributed by atoms with Crippen LogP contribution in [0.1, 0.15) is 28.9 Å². The molecule has 1 atom stereocenters. The Kier molecular flexibility index (Phi) is 6.76. The normalized spacial score (nSPS) is 11.5. The van der Waals surface area contributed by atoms with Crippen LogP contribution in [0.5, 0.6) is 0 Å². The number of nitrogens with one attached hydrogen (secondary N) is 2. The van der Waals surface area contributed by atoms with E-state index < -0.39 is 0 Å². The van der Waals surface area contributed by atoms with Gasteiger partial charge in [-0.2, -0.15) is 0 Å². The maximum Gasteiger partial charge on any atom is 0.258 e. The number of carbonyl (C=O) groups excluding carboxylic acids is 2. The molecular weight excluding hydrogens is 362 g/mol. The van der Waals surface area contributed by atoms with Gasteiger partial charge >= 0.3 is 0 Å². The first-order valence-corrected chi connectivity index (χ1v) is 9.56. The average molecular weight is 387 g/mol. The summed E-state index contributed by atoms with van der Waals surface area (Å²) in [6.45, 7) is 2.22. The summed E-state index contributed by atoms with van der Waals surface area (Å²) >= 11 is 0. The van der Waals surface area contributed by atoms with E-state index in [1.54, 1.807) is 36.2 Å². The maximum absolute atomic E-state index is 12.6. The molecule has 0 radical (unpaired) electrons. The highest BCUT2D eigenvalue weighted by molar-refractivity contribution is 6.06. The van der Waals surface area contributed by atoms with Crippen LogP contribution in [-0.2, 0) is 4.79 Å². The molecule has 5 nitrogen and oxygen atoms in total. The molecule has 0 aromatic heterocycles. The van der Waals surface area contributed by atoms with Gasteiger partial charge in [-0.1, -0.05) is 48.5 Å². The van der Waals surface area contributed by atoms with Crippen molar-refractivity contribution in [3.05, 3.63) is 96.1 Å². The topological polar surface area (TPSA) is 61.4 Å². The number of hydrogen-bond acceptors (Lipinski definition) is 3. The molecule has 1 unspecified atom stereocenters. The Labute approximate surface area is 171 Å². The Balaban J connectivity index is 1.53. The highest BCUT2D eigenvalue weighted by Gasteiger charge is 2.13. The van der Waals surface area contributed by atoms with Crippen LogP contribution in [0.4, 0.5) is 11.4 Å². The number of carbonyl (C=O) groups is 2. The van der Waals surface area contributed by atoms with Crippen LogP contribution in [-0.4, -0.2) is 25.4 Å². The summed E-state index contributed by atoms with van der Waals surface area (Å²) in [7, 11) is 1.74. The fourth-order valence-electron chi connectivity index (χ4n) is 2.97. The maximum atomic E-state index is 12.6. The lowest BCUT2D eigenvalue weighted by Crippen LogP contribution is -2.30. The molecule has 148 valence electrons.